The van der Waals surface area contributed by atoms with E-state index in [1.807, 2.05) is 30.5 Å². The monoisotopic (exact) mass is 322 g/mol. The second kappa shape index (κ2) is 8.44. The Morgan fingerprint density at radius 1 is 1.45 bits per heavy atom. The van der Waals surface area contributed by atoms with Crippen molar-refractivity contribution in [3.63, 3.8) is 0 Å². The van der Waals surface area contributed by atoms with Gasteiger partial charge in [-0.25, -0.2) is 0 Å². The predicted molar refractivity (Wildman–Crippen MR) is 91.5 cm³/mol. The van der Waals surface area contributed by atoms with Crippen LogP contribution in [0, 0.1) is 5.92 Å². The van der Waals surface area contributed by atoms with E-state index in [9.17, 15) is 4.79 Å². The van der Waals surface area contributed by atoms with Crippen LogP contribution < -0.4 is 10.1 Å². The van der Waals surface area contributed by atoms with E-state index in [4.69, 9.17) is 4.74 Å². The van der Waals surface area contributed by atoms with Crippen LogP contribution in [0.2, 0.25) is 0 Å². The first-order valence-electron chi connectivity index (χ1n) is 7.85. The summed E-state index contributed by atoms with van der Waals surface area (Å²) in [4.78, 5) is 15.7. The molecule has 122 valence electrons. The highest BCUT2D eigenvalue weighted by Crippen LogP contribution is 2.20. The molecule has 0 bridgehead atoms. The van der Waals surface area contributed by atoms with E-state index in [0.717, 1.165) is 25.4 Å². The molecule has 0 radical (unpaired) electrons. The van der Waals surface area contributed by atoms with Crippen molar-refractivity contribution in [1.82, 2.24) is 10.2 Å². The molecule has 22 heavy (non-hydrogen) atoms. The van der Waals surface area contributed by atoms with Gasteiger partial charge in [0.05, 0.1) is 0 Å². The molecule has 0 aromatic heterocycles. The zero-order valence-electron chi connectivity index (χ0n) is 13.7. The lowest BCUT2D eigenvalue weighted by Gasteiger charge is -2.30. The lowest BCUT2D eigenvalue weighted by atomic mass is 9.98. The summed E-state index contributed by atoms with van der Waals surface area (Å²) < 4.78 is 5.70. The molecule has 1 aromatic rings. The Hall–Kier alpha value is -1.20. The number of thioether (sulfide) groups is 1. The molecule has 1 amide bonds. The van der Waals surface area contributed by atoms with E-state index in [0.29, 0.717) is 5.92 Å². The number of hydrogen-bond donors (Lipinski definition) is 1. The van der Waals surface area contributed by atoms with Crippen LogP contribution in [0.3, 0.4) is 0 Å². The van der Waals surface area contributed by atoms with Gasteiger partial charge in [0.25, 0.3) is 5.91 Å². The van der Waals surface area contributed by atoms with Crippen LogP contribution in [0.15, 0.2) is 29.2 Å². The third kappa shape index (κ3) is 5.21. The molecule has 2 rings (SSSR count). The number of carbonyl (C=O) groups excluding carboxylic acids is 1. The Kier molecular flexibility index (Phi) is 6.58. The first-order valence-corrected chi connectivity index (χ1v) is 9.08. The molecule has 1 N–H and O–H groups in total. The average Bonchev–Trinajstić information content (AvgIpc) is 2.53. The van der Waals surface area contributed by atoms with E-state index in [1.54, 1.807) is 18.7 Å². The van der Waals surface area contributed by atoms with E-state index in [-0.39, 0.29) is 5.91 Å². The first kappa shape index (κ1) is 17.2. The van der Waals surface area contributed by atoms with Gasteiger partial charge in [0.2, 0.25) is 0 Å². The Bertz CT molecular complexity index is 478. The summed E-state index contributed by atoms with van der Waals surface area (Å²) in [6.45, 7) is 4.76. The Labute approximate surface area is 137 Å². The van der Waals surface area contributed by atoms with Gasteiger partial charge in [0.15, 0.2) is 6.10 Å². The van der Waals surface area contributed by atoms with Crippen LogP contribution in [0.1, 0.15) is 19.8 Å². The normalized spacial score (nSPS) is 20.4. The lowest BCUT2D eigenvalue weighted by molar-refractivity contribution is -0.127. The highest BCUT2D eigenvalue weighted by molar-refractivity contribution is 7.98. The van der Waals surface area contributed by atoms with Gasteiger partial charge in [-0.15, -0.1) is 11.8 Å². The summed E-state index contributed by atoms with van der Waals surface area (Å²) in [5.41, 5.74) is 0. The smallest absolute Gasteiger partial charge is 0.260 e. The van der Waals surface area contributed by atoms with Crippen molar-refractivity contribution in [1.29, 1.82) is 0 Å². The topological polar surface area (TPSA) is 41.6 Å². The maximum atomic E-state index is 12.1. The number of amides is 1. The van der Waals surface area contributed by atoms with E-state index in [2.05, 4.69) is 17.3 Å². The van der Waals surface area contributed by atoms with Gasteiger partial charge in [0, 0.05) is 18.0 Å². The zero-order valence-corrected chi connectivity index (χ0v) is 14.5. The van der Waals surface area contributed by atoms with Crippen molar-refractivity contribution in [3.8, 4) is 5.75 Å². The molecular formula is C17H26N2O2S. The van der Waals surface area contributed by atoms with Gasteiger partial charge >= 0.3 is 0 Å². The quantitative estimate of drug-likeness (QED) is 0.818. The zero-order chi connectivity index (χ0) is 15.9. The third-order valence-electron chi connectivity index (χ3n) is 4.03. The summed E-state index contributed by atoms with van der Waals surface area (Å²) in [6, 6.07) is 7.82. The van der Waals surface area contributed by atoms with Crippen LogP contribution in [-0.4, -0.2) is 49.8 Å². The fraction of sp³-hybridized carbons (Fsp3) is 0.588. The molecule has 1 aromatic carbocycles. The van der Waals surface area contributed by atoms with Crippen molar-refractivity contribution in [2.45, 2.75) is 30.8 Å². The van der Waals surface area contributed by atoms with Crippen molar-refractivity contribution in [2.75, 3.05) is 32.9 Å². The molecule has 0 saturated carbocycles. The summed E-state index contributed by atoms with van der Waals surface area (Å²) in [6.07, 6.45) is 3.97. The van der Waals surface area contributed by atoms with E-state index in [1.165, 1.54) is 17.7 Å². The predicted octanol–water partition coefficient (Wildman–Crippen LogP) is 2.63. The second-order valence-corrected chi connectivity index (χ2v) is 6.83. The molecule has 1 saturated heterocycles. The minimum Gasteiger partial charge on any atom is -0.481 e. The number of nitrogens with one attached hydrogen (secondary N) is 1. The largest absolute Gasteiger partial charge is 0.481 e. The summed E-state index contributed by atoms with van der Waals surface area (Å²) in [7, 11) is 2.14. The number of ether oxygens (including phenoxy) is 1. The van der Waals surface area contributed by atoms with Gasteiger partial charge < -0.3 is 15.0 Å². The van der Waals surface area contributed by atoms with Gasteiger partial charge in [-0.05, 0) is 69.8 Å². The maximum absolute atomic E-state index is 12.1. The van der Waals surface area contributed by atoms with E-state index < -0.39 is 6.10 Å². The van der Waals surface area contributed by atoms with Gasteiger partial charge in [-0.2, -0.15) is 0 Å². The second-order valence-electron chi connectivity index (χ2n) is 5.95. The maximum Gasteiger partial charge on any atom is 0.260 e. The number of carbonyl (C=O) groups is 1. The van der Waals surface area contributed by atoms with Crippen LogP contribution in [-0.2, 0) is 4.79 Å². The van der Waals surface area contributed by atoms with Gasteiger partial charge in [-0.1, -0.05) is 0 Å². The Morgan fingerprint density at radius 2 is 2.18 bits per heavy atom. The number of hydrogen-bond acceptors (Lipinski definition) is 4. The molecule has 1 aliphatic heterocycles. The molecular weight excluding hydrogens is 296 g/mol. The fourth-order valence-electron chi connectivity index (χ4n) is 2.74. The van der Waals surface area contributed by atoms with Gasteiger partial charge in [0.1, 0.15) is 5.75 Å². The highest BCUT2D eigenvalue weighted by Gasteiger charge is 2.20. The molecule has 5 heteroatoms. The van der Waals surface area contributed by atoms with Crippen LogP contribution in [0.4, 0.5) is 0 Å². The Morgan fingerprint density at radius 3 is 2.82 bits per heavy atom. The lowest BCUT2D eigenvalue weighted by Crippen LogP contribution is -2.42. The van der Waals surface area contributed by atoms with Crippen molar-refractivity contribution < 1.29 is 9.53 Å². The highest BCUT2D eigenvalue weighted by atomic mass is 32.2. The third-order valence-corrected chi connectivity index (χ3v) is 4.77. The van der Waals surface area contributed by atoms with E-state index >= 15 is 0 Å². The molecule has 1 heterocycles. The van der Waals surface area contributed by atoms with Crippen molar-refractivity contribution >= 4 is 17.7 Å². The number of piperidine rings is 1. The summed E-state index contributed by atoms with van der Waals surface area (Å²) in [5.74, 6) is 1.25. The molecule has 0 unspecified atom stereocenters. The van der Waals surface area contributed by atoms with Crippen LogP contribution in [0.25, 0.3) is 0 Å². The summed E-state index contributed by atoms with van der Waals surface area (Å²) in [5, 5.41) is 3.02. The van der Waals surface area contributed by atoms with Gasteiger partial charge in [-0.3, -0.25) is 4.79 Å². The van der Waals surface area contributed by atoms with Crippen molar-refractivity contribution in [2.24, 2.45) is 5.92 Å². The number of rotatable bonds is 6. The SMILES string of the molecule is CSc1ccc(O[C@@H](C)C(=O)NC[C@@H]2CCCN(C)C2)cc1. The molecule has 2 atom stereocenters. The molecule has 1 fully saturated rings. The standard InChI is InChI=1S/C17H26N2O2S/c1-13(21-15-6-8-16(22-3)9-7-15)17(20)18-11-14-5-4-10-19(2)12-14/h6-9,13-14H,4-5,10-12H2,1-3H3,(H,18,20)/t13-,14-/m0/s1. The minimum absolute atomic E-state index is 0.0397. The minimum atomic E-state index is -0.471. The van der Waals surface area contributed by atoms with Crippen LogP contribution in [0.5, 0.6) is 5.75 Å². The number of benzene rings is 1. The number of likely N-dealkylation sites (tertiary alicyclic amines) is 1. The van der Waals surface area contributed by atoms with Crippen LogP contribution >= 0.6 is 11.8 Å². The van der Waals surface area contributed by atoms with Crippen molar-refractivity contribution in [3.05, 3.63) is 24.3 Å². The molecule has 0 spiro atoms. The first-order chi connectivity index (χ1) is 10.6. The fourth-order valence-corrected chi connectivity index (χ4v) is 3.15. The molecule has 1 aliphatic rings. The molecule has 0 aliphatic carbocycles. The molecule has 4 nitrogen and oxygen atoms in total. The summed E-state index contributed by atoms with van der Waals surface area (Å²) >= 11 is 1.69. The average molecular weight is 322 g/mol. The Balaban J connectivity index is 1.76. The number of nitrogens with zero attached hydrogens (tertiary/aromatic N) is 1.